The van der Waals surface area contributed by atoms with Gasteiger partial charge in [0, 0.05) is 0 Å². The molecule has 6 heteroatoms. The van der Waals surface area contributed by atoms with Crippen LogP contribution in [0.25, 0.3) is 0 Å². The molecule has 0 unspecified atom stereocenters. The van der Waals surface area contributed by atoms with Crippen LogP contribution >= 0.6 is 31.9 Å². The molecule has 2 aromatic rings. The molecular formula is C17H15Br2NO3. The number of hydrogen-bond acceptors (Lipinski definition) is 3. The highest BCUT2D eigenvalue weighted by Crippen LogP contribution is 2.22. The Bertz CT molecular complexity index is 647. The van der Waals surface area contributed by atoms with Gasteiger partial charge in [-0.2, -0.15) is 0 Å². The number of ketones is 1. The number of hydrogen-bond donors (Lipinski definition) is 1. The molecule has 0 aliphatic carbocycles. The Morgan fingerprint density at radius 2 is 1.52 bits per heavy atom. The summed E-state index contributed by atoms with van der Waals surface area (Å²) in [7, 11) is 0. The summed E-state index contributed by atoms with van der Waals surface area (Å²) in [4.78, 5) is 24.3. The van der Waals surface area contributed by atoms with Crippen LogP contribution in [0.2, 0.25) is 0 Å². The largest absolute Gasteiger partial charge is 0.445 e. The third-order valence-corrected chi connectivity index (χ3v) is 4.01. The molecule has 1 amide bonds. The van der Waals surface area contributed by atoms with Crippen LogP contribution in [0, 0.1) is 0 Å². The lowest BCUT2D eigenvalue weighted by Crippen LogP contribution is -2.36. The van der Waals surface area contributed by atoms with E-state index in [2.05, 4.69) is 37.2 Å². The van der Waals surface area contributed by atoms with E-state index >= 15 is 0 Å². The zero-order valence-electron chi connectivity index (χ0n) is 12.1. The highest BCUT2D eigenvalue weighted by Gasteiger charge is 2.27. The maximum atomic E-state index is 12.3. The van der Waals surface area contributed by atoms with Gasteiger partial charge < -0.3 is 10.1 Å². The van der Waals surface area contributed by atoms with Gasteiger partial charge in [0.15, 0.2) is 5.78 Å². The summed E-state index contributed by atoms with van der Waals surface area (Å²) in [6, 6.07) is 17.6. The Hall–Kier alpha value is -1.66. The summed E-state index contributed by atoms with van der Waals surface area (Å²) < 4.78 is 4.62. The zero-order chi connectivity index (χ0) is 16.7. The number of carbonyl (C=O) groups excluding carboxylic acids is 2. The summed E-state index contributed by atoms with van der Waals surface area (Å²) in [6.07, 6.45) is -0.642. The van der Waals surface area contributed by atoms with E-state index < -0.39 is 15.9 Å². The van der Waals surface area contributed by atoms with E-state index in [1.165, 1.54) is 0 Å². The summed E-state index contributed by atoms with van der Waals surface area (Å²) in [5, 5.41) is 2.61. The van der Waals surface area contributed by atoms with Crippen molar-refractivity contribution in [3.8, 4) is 0 Å². The second kappa shape index (κ2) is 8.84. The monoisotopic (exact) mass is 439 g/mol. The van der Waals surface area contributed by atoms with Gasteiger partial charge in [-0.3, -0.25) is 4.79 Å². The molecule has 4 nitrogen and oxygen atoms in total. The lowest BCUT2D eigenvalue weighted by Gasteiger charge is -2.18. The van der Waals surface area contributed by atoms with Crippen LogP contribution in [0.3, 0.4) is 0 Å². The molecule has 23 heavy (non-hydrogen) atoms. The predicted molar refractivity (Wildman–Crippen MR) is 95.6 cm³/mol. The van der Waals surface area contributed by atoms with Crippen LogP contribution in [-0.4, -0.2) is 15.6 Å². The molecule has 0 bridgehead atoms. The van der Waals surface area contributed by atoms with Gasteiger partial charge in [0.05, 0.1) is 0 Å². The van der Waals surface area contributed by atoms with Crippen molar-refractivity contribution in [3.05, 3.63) is 71.8 Å². The highest BCUT2D eigenvalue weighted by atomic mass is 79.9. The quantitative estimate of drug-likeness (QED) is 0.679. The van der Waals surface area contributed by atoms with Crippen LogP contribution in [-0.2, 0) is 16.1 Å². The molecule has 2 rings (SSSR count). The van der Waals surface area contributed by atoms with E-state index in [0.29, 0.717) is 5.56 Å². The Kier molecular flexibility index (Phi) is 6.80. The van der Waals surface area contributed by atoms with Crippen molar-refractivity contribution in [1.82, 2.24) is 5.32 Å². The van der Waals surface area contributed by atoms with Crippen LogP contribution < -0.4 is 5.32 Å². The number of alkyl carbamates (subject to hydrolysis) is 1. The average Bonchev–Trinajstić information content (AvgIpc) is 2.59. The van der Waals surface area contributed by atoms with Crippen LogP contribution in [0.4, 0.5) is 4.79 Å². The fraction of sp³-hybridized carbons (Fsp3) is 0.176. The number of nitrogens with one attached hydrogen (secondary N) is 1. The Balaban J connectivity index is 2.02. The van der Waals surface area contributed by atoms with Crippen LogP contribution in [0.15, 0.2) is 60.7 Å². The second-order valence-electron chi connectivity index (χ2n) is 4.75. The maximum absolute atomic E-state index is 12.3. The number of rotatable bonds is 6. The van der Waals surface area contributed by atoms with Crippen molar-refractivity contribution < 1.29 is 14.3 Å². The van der Waals surface area contributed by atoms with Crippen molar-refractivity contribution in [2.24, 2.45) is 0 Å². The summed E-state index contributed by atoms with van der Waals surface area (Å²) in [6.45, 7) is 0.147. The SMILES string of the molecule is O=C(N[C@H](C(=O)C(Br)Br)c1ccccc1)OCc1ccccc1. The van der Waals surface area contributed by atoms with Gasteiger partial charge in [-0.15, -0.1) is 0 Å². The zero-order valence-corrected chi connectivity index (χ0v) is 15.3. The van der Waals surface area contributed by atoms with Gasteiger partial charge in [-0.05, 0) is 11.1 Å². The minimum absolute atomic E-state index is 0.147. The molecule has 2 aromatic carbocycles. The molecule has 0 heterocycles. The first-order valence-corrected chi connectivity index (χ1v) is 8.75. The number of amides is 1. The molecule has 120 valence electrons. The number of Topliss-reactive ketones (excluding diaryl/α,β-unsaturated/α-hetero) is 1. The van der Waals surface area contributed by atoms with Crippen molar-refractivity contribution in [2.45, 2.75) is 16.4 Å². The normalized spacial score (nSPS) is 11.8. The second-order valence-corrected chi connectivity index (χ2v) is 7.81. The van der Waals surface area contributed by atoms with Gasteiger partial charge in [0.25, 0.3) is 0 Å². The Morgan fingerprint density at radius 1 is 0.957 bits per heavy atom. The van der Waals surface area contributed by atoms with Crippen molar-refractivity contribution in [2.75, 3.05) is 0 Å². The summed E-state index contributed by atoms with van der Waals surface area (Å²) in [5.74, 6) is -0.215. The molecule has 0 spiro atoms. The van der Waals surface area contributed by atoms with Gasteiger partial charge in [-0.25, -0.2) is 4.79 Å². The van der Waals surface area contributed by atoms with Crippen molar-refractivity contribution in [3.63, 3.8) is 0 Å². The molecular weight excluding hydrogens is 426 g/mol. The first-order chi connectivity index (χ1) is 11.1. The van der Waals surface area contributed by atoms with E-state index in [4.69, 9.17) is 4.74 Å². The maximum Gasteiger partial charge on any atom is 0.408 e. The number of alkyl halides is 2. The van der Waals surface area contributed by atoms with Gasteiger partial charge in [0.1, 0.15) is 16.4 Å². The third kappa shape index (κ3) is 5.48. The molecule has 0 aliphatic rings. The number of halogens is 2. The predicted octanol–water partition coefficient (Wildman–Crippen LogP) is 4.34. The summed E-state index contributed by atoms with van der Waals surface area (Å²) >= 11 is 6.36. The standard InChI is InChI=1S/C17H15Br2NO3/c18-16(19)15(21)14(13-9-5-2-6-10-13)20-17(22)23-11-12-7-3-1-4-8-12/h1-10,14,16H,11H2,(H,20,22)/t14-/m0/s1. The molecule has 0 aromatic heterocycles. The minimum atomic E-state index is -0.789. The van der Waals surface area contributed by atoms with Crippen molar-refractivity contribution >= 4 is 43.7 Å². The van der Waals surface area contributed by atoms with Gasteiger partial charge in [-0.1, -0.05) is 92.5 Å². The summed E-state index contributed by atoms with van der Waals surface area (Å²) in [5.41, 5.74) is 1.57. The molecule has 0 saturated heterocycles. The van der Waals surface area contributed by atoms with Gasteiger partial charge >= 0.3 is 6.09 Å². The lowest BCUT2D eigenvalue weighted by molar-refractivity contribution is -0.119. The number of ether oxygens (including phenoxy) is 1. The van der Waals surface area contributed by atoms with E-state index in [1.807, 2.05) is 48.5 Å². The smallest absolute Gasteiger partial charge is 0.408 e. The van der Waals surface area contributed by atoms with E-state index in [0.717, 1.165) is 5.56 Å². The first-order valence-electron chi connectivity index (χ1n) is 6.92. The molecule has 0 aliphatic heterocycles. The average molecular weight is 441 g/mol. The van der Waals surface area contributed by atoms with Crippen molar-refractivity contribution in [1.29, 1.82) is 0 Å². The first kappa shape index (κ1) is 17.7. The molecule has 1 atom stereocenters. The highest BCUT2D eigenvalue weighted by molar-refractivity contribution is 9.25. The van der Waals surface area contributed by atoms with E-state index in [9.17, 15) is 9.59 Å². The third-order valence-electron chi connectivity index (χ3n) is 3.11. The van der Waals surface area contributed by atoms with Crippen LogP contribution in [0.1, 0.15) is 17.2 Å². The molecule has 0 saturated carbocycles. The molecule has 0 radical (unpaired) electrons. The van der Waals surface area contributed by atoms with Gasteiger partial charge in [0.2, 0.25) is 0 Å². The fourth-order valence-electron chi connectivity index (χ4n) is 1.97. The van der Waals surface area contributed by atoms with E-state index in [-0.39, 0.29) is 12.4 Å². The minimum Gasteiger partial charge on any atom is -0.445 e. The van der Waals surface area contributed by atoms with Crippen LogP contribution in [0.5, 0.6) is 0 Å². The Labute approximate surface area is 151 Å². The fourth-order valence-corrected chi connectivity index (χ4v) is 2.50. The molecule has 1 N–H and O–H groups in total. The van der Waals surface area contributed by atoms with E-state index in [1.54, 1.807) is 12.1 Å². The number of benzene rings is 2. The topological polar surface area (TPSA) is 55.4 Å². The number of carbonyl (C=O) groups is 2. The lowest BCUT2D eigenvalue weighted by atomic mass is 10.0. The Morgan fingerprint density at radius 3 is 2.09 bits per heavy atom. The molecule has 0 fully saturated rings.